The number of anilines is 1. The Morgan fingerprint density at radius 2 is 2.11 bits per heavy atom. The third-order valence-corrected chi connectivity index (χ3v) is 4.33. The summed E-state index contributed by atoms with van der Waals surface area (Å²) in [4.78, 5) is 23.4. The SMILES string of the molecule is CC(=O)Nc1scc(-c2ccc(Cl)s2)c1C(N)=O. The lowest BCUT2D eigenvalue weighted by Gasteiger charge is -2.02. The summed E-state index contributed by atoms with van der Waals surface area (Å²) in [7, 11) is 0. The number of hydrogen-bond donors (Lipinski definition) is 2. The first-order valence-electron chi connectivity index (χ1n) is 4.93. The van der Waals surface area contributed by atoms with E-state index in [9.17, 15) is 9.59 Å². The van der Waals surface area contributed by atoms with Gasteiger partial charge in [-0.2, -0.15) is 0 Å². The minimum atomic E-state index is -0.570. The molecule has 0 aliphatic rings. The lowest BCUT2D eigenvalue weighted by Crippen LogP contribution is -2.15. The average molecular weight is 301 g/mol. The highest BCUT2D eigenvalue weighted by Gasteiger charge is 2.19. The fourth-order valence-electron chi connectivity index (χ4n) is 1.49. The van der Waals surface area contributed by atoms with Crippen LogP contribution in [0.2, 0.25) is 4.34 Å². The second kappa shape index (κ2) is 5.09. The Balaban J connectivity index is 2.51. The van der Waals surface area contributed by atoms with E-state index in [1.54, 1.807) is 11.4 Å². The predicted octanol–water partition coefficient (Wildman–Crippen LogP) is 3.19. The van der Waals surface area contributed by atoms with Gasteiger partial charge in [0.2, 0.25) is 5.91 Å². The van der Waals surface area contributed by atoms with Crippen LogP contribution in [-0.2, 0) is 4.79 Å². The van der Waals surface area contributed by atoms with E-state index in [0.717, 1.165) is 4.88 Å². The van der Waals surface area contributed by atoms with Crippen molar-refractivity contribution in [2.45, 2.75) is 6.92 Å². The minimum absolute atomic E-state index is 0.241. The molecule has 0 atom stereocenters. The third kappa shape index (κ3) is 2.55. The average Bonchev–Trinajstić information content (AvgIpc) is 2.83. The summed E-state index contributed by atoms with van der Waals surface area (Å²) in [5.41, 5.74) is 6.40. The van der Waals surface area contributed by atoms with Gasteiger partial charge in [0.05, 0.1) is 9.90 Å². The smallest absolute Gasteiger partial charge is 0.252 e. The van der Waals surface area contributed by atoms with Crippen molar-refractivity contribution >= 4 is 51.1 Å². The molecule has 0 unspecified atom stereocenters. The predicted molar refractivity (Wildman–Crippen MR) is 75.5 cm³/mol. The van der Waals surface area contributed by atoms with E-state index < -0.39 is 5.91 Å². The fraction of sp³-hybridized carbons (Fsp3) is 0.0909. The van der Waals surface area contributed by atoms with Crippen LogP contribution < -0.4 is 11.1 Å². The molecule has 0 spiro atoms. The van der Waals surface area contributed by atoms with Gasteiger partial charge in [0.25, 0.3) is 5.91 Å². The third-order valence-electron chi connectivity index (χ3n) is 2.17. The molecule has 2 heterocycles. The number of carbonyl (C=O) groups is 2. The van der Waals surface area contributed by atoms with Crippen molar-refractivity contribution in [2.75, 3.05) is 5.32 Å². The summed E-state index contributed by atoms with van der Waals surface area (Å²) in [6.07, 6.45) is 0. The van der Waals surface area contributed by atoms with Crippen molar-refractivity contribution in [3.05, 3.63) is 27.4 Å². The minimum Gasteiger partial charge on any atom is -0.365 e. The Labute approximate surface area is 116 Å². The number of hydrogen-bond acceptors (Lipinski definition) is 4. The molecule has 4 nitrogen and oxygen atoms in total. The zero-order valence-electron chi connectivity index (χ0n) is 9.32. The zero-order chi connectivity index (χ0) is 13.3. The highest BCUT2D eigenvalue weighted by molar-refractivity contribution is 7.20. The highest BCUT2D eigenvalue weighted by atomic mass is 35.5. The second-order valence-electron chi connectivity index (χ2n) is 3.50. The van der Waals surface area contributed by atoms with Crippen molar-refractivity contribution < 1.29 is 9.59 Å². The molecule has 0 aromatic carbocycles. The lowest BCUT2D eigenvalue weighted by molar-refractivity contribution is -0.114. The fourth-order valence-corrected chi connectivity index (χ4v) is 3.65. The van der Waals surface area contributed by atoms with E-state index in [1.165, 1.54) is 29.6 Å². The summed E-state index contributed by atoms with van der Waals surface area (Å²) >= 11 is 8.49. The van der Waals surface area contributed by atoms with Gasteiger partial charge in [-0.25, -0.2) is 0 Å². The van der Waals surface area contributed by atoms with E-state index >= 15 is 0 Å². The molecule has 0 fully saturated rings. The molecule has 0 saturated heterocycles. The lowest BCUT2D eigenvalue weighted by atomic mass is 10.1. The number of primary amides is 1. The van der Waals surface area contributed by atoms with Crippen molar-refractivity contribution in [1.29, 1.82) is 0 Å². The standard InChI is InChI=1S/C11H9ClN2O2S2/c1-5(15)14-11-9(10(13)16)6(4-17-11)7-2-3-8(12)18-7/h2-4H,1H3,(H2,13,16)(H,14,15). The van der Waals surface area contributed by atoms with Crippen LogP contribution in [0.1, 0.15) is 17.3 Å². The van der Waals surface area contributed by atoms with Gasteiger partial charge in [0.1, 0.15) is 5.00 Å². The van der Waals surface area contributed by atoms with Crippen LogP contribution in [-0.4, -0.2) is 11.8 Å². The number of nitrogens with two attached hydrogens (primary N) is 1. The van der Waals surface area contributed by atoms with Gasteiger partial charge in [-0.15, -0.1) is 22.7 Å². The van der Waals surface area contributed by atoms with Crippen molar-refractivity contribution in [3.63, 3.8) is 0 Å². The molecule has 0 aliphatic carbocycles. The first kappa shape index (κ1) is 13.1. The first-order chi connectivity index (χ1) is 8.49. The molecule has 0 bridgehead atoms. The number of rotatable bonds is 3. The molecular formula is C11H9ClN2O2S2. The molecule has 0 aliphatic heterocycles. The highest BCUT2D eigenvalue weighted by Crippen LogP contribution is 2.39. The molecule has 2 amide bonds. The van der Waals surface area contributed by atoms with Crippen LogP contribution in [0.15, 0.2) is 17.5 Å². The monoisotopic (exact) mass is 300 g/mol. The number of amides is 2. The molecule has 2 aromatic heterocycles. The maximum Gasteiger partial charge on any atom is 0.252 e. The quantitative estimate of drug-likeness (QED) is 0.913. The van der Waals surface area contributed by atoms with Crippen molar-refractivity contribution in [2.24, 2.45) is 5.73 Å². The Morgan fingerprint density at radius 3 is 2.61 bits per heavy atom. The van der Waals surface area contributed by atoms with Gasteiger partial charge in [0.15, 0.2) is 0 Å². The number of nitrogens with one attached hydrogen (secondary N) is 1. The summed E-state index contributed by atoms with van der Waals surface area (Å²) in [6, 6.07) is 3.57. The van der Waals surface area contributed by atoms with Gasteiger partial charge in [-0.1, -0.05) is 11.6 Å². The molecule has 2 aromatic rings. The maximum atomic E-state index is 11.5. The number of halogens is 1. The van der Waals surface area contributed by atoms with Gasteiger partial charge in [-0.05, 0) is 12.1 Å². The van der Waals surface area contributed by atoms with Crippen LogP contribution >= 0.6 is 34.3 Å². The molecule has 0 radical (unpaired) electrons. The Kier molecular flexibility index (Phi) is 3.70. The molecular weight excluding hydrogens is 292 g/mol. The van der Waals surface area contributed by atoms with Gasteiger partial charge < -0.3 is 11.1 Å². The van der Waals surface area contributed by atoms with Gasteiger partial charge in [0, 0.05) is 22.7 Å². The Hall–Kier alpha value is -1.37. The number of carbonyl (C=O) groups excluding carboxylic acids is 2. The summed E-state index contributed by atoms with van der Waals surface area (Å²) in [6.45, 7) is 1.38. The van der Waals surface area contributed by atoms with Crippen LogP contribution in [0.3, 0.4) is 0 Å². The van der Waals surface area contributed by atoms with Crippen LogP contribution in [0, 0.1) is 0 Å². The van der Waals surface area contributed by atoms with E-state index in [2.05, 4.69) is 5.32 Å². The molecule has 7 heteroatoms. The number of thiophene rings is 2. The van der Waals surface area contributed by atoms with Crippen LogP contribution in [0.5, 0.6) is 0 Å². The van der Waals surface area contributed by atoms with E-state index in [4.69, 9.17) is 17.3 Å². The van der Waals surface area contributed by atoms with Gasteiger partial charge in [-0.3, -0.25) is 9.59 Å². The zero-order valence-corrected chi connectivity index (χ0v) is 11.7. The van der Waals surface area contributed by atoms with Crippen LogP contribution in [0.25, 0.3) is 10.4 Å². The molecule has 18 heavy (non-hydrogen) atoms. The maximum absolute atomic E-state index is 11.5. The second-order valence-corrected chi connectivity index (χ2v) is 6.10. The molecule has 2 rings (SSSR count). The Morgan fingerprint density at radius 1 is 1.39 bits per heavy atom. The summed E-state index contributed by atoms with van der Waals surface area (Å²) in [5, 5.41) is 4.85. The molecule has 3 N–H and O–H groups in total. The normalized spacial score (nSPS) is 10.3. The molecule has 94 valence electrons. The van der Waals surface area contributed by atoms with Crippen LogP contribution in [0.4, 0.5) is 5.00 Å². The largest absolute Gasteiger partial charge is 0.365 e. The van der Waals surface area contributed by atoms with E-state index in [-0.39, 0.29) is 5.91 Å². The van der Waals surface area contributed by atoms with Gasteiger partial charge >= 0.3 is 0 Å². The summed E-state index contributed by atoms with van der Waals surface area (Å²) in [5.74, 6) is -0.811. The van der Waals surface area contributed by atoms with E-state index in [1.807, 2.05) is 6.07 Å². The summed E-state index contributed by atoms with van der Waals surface area (Å²) < 4.78 is 0.632. The van der Waals surface area contributed by atoms with Crippen molar-refractivity contribution in [3.8, 4) is 10.4 Å². The molecule has 0 saturated carbocycles. The topological polar surface area (TPSA) is 72.2 Å². The Bertz CT molecular complexity index is 618. The first-order valence-corrected chi connectivity index (χ1v) is 7.01. The van der Waals surface area contributed by atoms with E-state index in [0.29, 0.717) is 20.5 Å². The van der Waals surface area contributed by atoms with Crippen molar-refractivity contribution in [1.82, 2.24) is 0 Å².